The van der Waals surface area contributed by atoms with Gasteiger partial charge in [0.25, 0.3) is 0 Å². The van der Waals surface area contributed by atoms with E-state index >= 15 is 0 Å². The fourth-order valence-corrected chi connectivity index (χ4v) is 3.65. The molecule has 3 aromatic rings. The molecule has 2 N–H and O–H groups in total. The first-order chi connectivity index (χ1) is 12.0. The van der Waals surface area contributed by atoms with Gasteiger partial charge in [0.05, 0.1) is 0 Å². The van der Waals surface area contributed by atoms with E-state index in [1.54, 1.807) is 16.8 Å². The first-order valence-electron chi connectivity index (χ1n) is 7.27. The Bertz CT molecular complexity index is 1020. The van der Waals surface area contributed by atoms with Crippen LogP contribution < -0.4 is 5.14 Å². The Morgan fingerprint density at radius 3 is 2.40 bits per heavy atom. The van der Waals surface area contributed by atoms with Gasteiger partial charge < -0.3 is 0 Å². The van der Waals surface area contributed by atoms with Crippen LogP contribution in [0.4, 0.5) is 0 Å². The minimum absolute atomic E-state index is 0.0534. The van der Waals surface area contributed by atoms with Gasteiger partial charge in [-0.15, -0.1) is 0 Å². The summed E-state index contributed by atoms with van der Waals surface area (Å²) in [5.41, 5.74) is 3.42. The number of sulfonamides is 1. The minimum atomic E-state index is -3.73. The zero-order valence-corrected chi connectivity index (χ0v) is 15.6. The molecule has 0 aliphatic carbocycles. The van der Waals surface area contributed by atoms with Crippen LogP contribution in [0, 0.1) is 10.2 Å². The third kappa shape index (κ3) is 3.98. The number of nitrogens with zero attached hydrogens (tertiary/aromatic N) is 3. The summed E-state index contributed by atoms with van der Waals surface area (Å²) >= 11 is -0.162. The monoisotopic (exact) mass is 418 g/mol. The molecule has 25 heavy (non-hydrogen) atoms. The summed E-state index contributed by atoms with van der Waals surface area (Å²) in [6.07, 6.45) is 0. The maximum atomic E-state index is 11.4. The molecule has 126 valence electrons. The molecular formula is C17H14N4O2SSe. The van der Waals surface area contributed by atoms with Gasteiger partial charge >= 0.3 is 152 Å². The second kappa shape index (κ2) is 7.21. The van der Waals surface area contributed by atoms with Gasteiger partial charge in [-0.2, -0.15) is 0 Å². The summed E-state index contributed by atoms with van der Waals surface area (Å²) in [4.78, 5) is 2.23. The van der Waals surface area contributed by atoms with Crippen LogP contribution in [0.15, 0.2) is 65.6 Å². The topological polar surface area (TPSA) is 102 Å². The van der Waals surface area contributed by atoms with Crippen LogP contribution in [-0.2, 0) is 15.3 Å². The molecule has 0 saturated carbocycles. The van der Waals surface area contributed by atoms with Crippen LogP contribution in [0.25, 0.3) is 16.9 Å². The first kappa shape index (κ1) is 17.4. The summed E-state index contributed by atoms with van der Waals surface area (Å²) in [5.74, 6) is 0. The summed E-state index contributed by atoms with van der Waals surface area (Å²) in [6.45, 7) is 0. The molecule has 8 heteroatoms. The number of aromatic nitrogens is 2. The number of primary sulfonamides is 1. The van der Waals surface area contributed by atoms with E-state index in [9.17, 15) is 8.42 Å². The van der Waals surface area contributed by atoms with E-state index in [1.165, 1.54) is 12.1 Å². The molecule has 0 radical (unpaired) electrons. The standard InChI is InChI=1S/C17H14N4O2SSe/c18-12-25-11-14-10-17(13-4-2-1-3-5-13)21(20-14)15-6-8-16(9-7-15)24(19,22)23/h1-10H,11H2,(H2,19,22,23). The van der Waals surface area contributed by atoms with Gasteiger partial charge in [0.1, 0.15) is 0 Å². The zero-order chi connectivity index (χ0) is 17.9. The van der Waals surface area contributed by atoms with Gasteiger partial charge in [0.2, 0.25) is 0 Å². The molecule has 2 aromatic carbocycles. The molecule has 0 aliphatic rings. The molecule has 1 heterocycles. The Hall–Kier alpha value is -2.43. The Balaban J connectivity index is 2.08. The second-order valence-electron chi connectivity index (χ2n) is 5.22. The van der Waals surface area contributed by atoms with Gasteiger partial charge in [-0.25, -0.2) is 0 Å². The van der Waals surface area contributed by atoms with Crippen molar-refractivity contribution in [2.24, 2.45) is 5.14 Å². The average Bonchev–Trinajstić information content (AvgIpc) is 3.04. The molecule has 0 unspecified atom stereocenters. The van der Waals surface area contributed by atoms with E-state index in [0.717, 1.165) is 22.6 Å². The van der Waals surface area contributed by atoms with E-state index in [0.29, 0.717) is 5.32 Å². The fraction of sp³-hybridized carbons (Fsp3) is 0.0588. The van der Waals surface area contributed by atoms with Crippen LogP contribution in [0.3, 0.4) is 0 Å². The zero-order valence-electron chi connectivity index (χ0n) is 13.0. The van der Waals surface area contributed by atoms with E-state index in [-0.39, 0.29) is 19.9 Å². The average molecular weight is 417 g/mol. The number of hydrogen-bond acceptors (Lipinski definition) is 4. The molecule has 0 fully saturated rings. The molecule has 0 saturated heterocycles. The summed E-state index contributed by atoms with van der Waals surface area (Å²) in [5, 5.41) is 19.2. The maximum absolute atomic E-state index is 11.4. The van der Waals surface area contributed by atoms with Gasteiger partial charge in [-0.1, -0.05) is 0 Å². The number of nitriles is 1. The second-order valence-corrected chi connectivity index (χ2v) is 8.37. The van der Waals surface area contributed by atoms with Gasteiger partial charge in [-0.3, -0.25) is 0 Å². The Morgan fingerprint density at radius 1 is 1.12 bits per heavy atom. The van der Waals surface area contributed by atoms with Crippen LogP contribution in [0.5, 0.6) is 0 Å². The molecule has 0 amide bonds. The van der Waals surface area contributed by atoms with Crippen molar-refractivity contribution in [1.29, 1.82) is 5.26 Å². The van der Waals surface area contributed by atoms with Gasteiger partial charge in [0, 0.05) is 0 Å². The molecule has 3 rings (SSSR count). The van der Waals surface area contributed by atoms with Crippen molar-refractivity contribution >= 4 is 25.0 Å². The summed E-state index contributed by atoms with van der Waals surface area (Å²) in [6, 6.07) is 18.0. The SMILES string of the molecule is N#C[Se]Cc1cc(-c2ccccc2)n(-c2ccc(S(N)(=O)=O)cc2)n1. The molecular weight excluding hydrogens is 403 g/mol. The van der Waals surface area contributed by atoms with E-state index in [4.69, 9.17) is 10.4 Å². The summed E-state index contributed by atoms with van der Waals surface area (Å²) < 4.78 is 24.6. The van der Waals surface area contributed by atoms with Crippen LogP contribution in [-0.4, -0.2) is 33.2 Å². The van der Waals surface area contributed by atoms with Crippen LogP contribution in [0.1, 0.15) is 5.69 Å². The van der Waals surface area contributed by atoms with Crippen LogP contribution in [0.2, 0.25) is 0 Å². The number of nitrogens with two attached hydrogens (primary N) is 1. The predicted octanol–water partition coefficient (Wildman–Crippen LogP) is 1.87. The molecule has 0 atom stereocenters. The fourth-order valence-electron chi connectivity index (χ4n) is 2.40. The molecule has 0 aliphatic heterocycles. The predicted molar refractivity (Wildman–Crippen MR) is 95.4 cm³/mol. The Labute approximate surface area is 152 Å². The van der Waals surface area contributed by atoms with Crippen molar-refractivity contribution < 1.29 is 8.42 Å². The number of rotatable bonds is 5. The van der Waals surface area contributed by atoms with Crippen molar-refractivity contribution in [1.82, 2.24) is 9.78 Å². The Kier molecular flexibility index (Phi) is 5.02. The quantitative estimate of drug-likeness (QED) is 0.641. The van der Waals surface area contributed by atoms with E-state index in [1.807, 2.05) is 36.4 Å². The third-order valence-corrected chi connectivity index (χ3v) is 5.65. The molecule has 0 spiro atoms. The normalized spacial score (nSPS) is 11.2. The molecule has 6 nitrogen and oxygen atoms in total. The van der Waals surface area contributed by atoms with Gasteiger partial charge in [-0.05, 0) is 0 Å². The third-order valence-electron chi connectivity index (χ3n) is 3.52. The summed E-state index contributed by atoms with van der Waals surface area (Å²) in [7, 11) is -3.73. The van der Waals surface area contributed by atoms with Crippen LogP contribution >= 0.6 is 0 Å². The van der Waals surface area contributed by atoms with Crippen molar-refractivity contribution in [3.05, 3.63) is 66.4 Å². The van der Waals surface area contributed by atoms with Crippen molar-refractivity contribution in [3.8, 4) is 21.9 Å². The van der Waals surface area contributed by atoms with Crippen molar-refractivity contribution in [2.75, 3.05) is 0 Å². The first-order valence-corrected chi connectivity index (χ1v) is 10.9. The number of benzene rings is 2. The van der Waals surface area contributed by atoms with Crippen molar-refractivity contribution in [2.45, 2.75) is 10.2 Å². The Morgan fingerprint density at radius 2 is 1.80 bits per heavy atom. The molecule has 0 bridgehead atoms. The van der Waals surface area contributed by atoms with E-state index < -0.39 is 10.0 Å². The van der Waals surface area contributed by atoms with Crippen molar-refractivity contribution in [3.63, 3.8) is 0 Å². The van der Waals surface area contributed by atoms with E-state index in [2.05, 4.69) is 10.1 Å². The molecule has 1 aromatic heterocycles. The van der Waals surface area contributed by atoms with Gasteiger partial charge in [0.15, 0.2) is 0 Å². The number of hydrogen-bond donors (Lipinski definition) is 1.